The average Bonchev–Trinajstić information content (AvgIpc) is 3.15. The molecule has 0 saturated heterocycles. The predicted octanol–water partition coefficient (Wildman–Crippen LogP) is 4.21. The van der Waals surface area contributed by atoms with Gasteiger partial charge >= 0.3 is 0 Å². The SMILES string of the molecule is COc1ccc(-c2cnc(CCC(=O)Nc3cc(F)c(OC)c(F)c3)o2)cc1. The Balaban J connectivity index is 1.58. The minimum atomic E-state index is -0.894. The number of rotatable bonds is 7. The molecule has 0 aliphatic heterocycles. The Morgan fingerprint density at radius 1 is 1.11 bits per heavy atom. The summed E-state index contributed by atoms with van der Waals surface area (Å²) in [5.41, 5.74) is 0.834. The molecule has 0 atom stereocenters. The van der Waals surface area contributed by atoms with Gasteiger partial charge in [0, 0.05) is 36.2 Å². The van der Waals surface area contributed by atoms with Crippen LogP contribution in [0.2, 0.25) is 0 Å². The quantitative estimate of drug-likeness (QED) is 0.656. The Morgan fingerprint density at radius 2 is 1.79 bits per heavy atom. The van der Waals surface area contributed by atoms with Crippen LogP contribution in [0, 0.1) is 11.6 Å². The zero-order chi connectivity index (χ0) is 20.1. The number of ether oxygens (including phenoxy) is 2. The van der Waals surface area contributed by atoms with Crippen LogP contribution in [0.4, 0.5) is 14.5 Å². The third kappa shape index (κ3) is 4.46. The van der Waals surface area contributed by atoms with Crippen molar-refractivity contribution in [3.05, 3.63) is 60.1 Å². The smallest absolute Gasteiger partial charge is 0.224 e. The number of carbonyl (C=O) groups is 1. The average molecular weight is 388 g/mol. The fourth-order valence-electron chi connectivity index (χ4n) is 2.59. The maximum atomic E-state index is 13.7. The van der Waals surface area contributed by atoms with Gasteiger partial charge in [0.15, 0.2) is 29.0 Å². The minimum Gasteiger partial charge on any atom is -0.497 e. The molecule has 146 valence electrons. The number of hydrogen-bond acceptors (Lipinski definition) is 5. The number of anilines is 1. The number of nitrogens with zero attached hydrogens (tertiary/aromatic N) is 1. The molecular weight excluding hydrogens is 370 g/mol. The molecule has 0 bridgehead atoms. The van der Waals surface area contributed by atoms with Gasteiger partial charge in [-0.1, -0.05) is 0 Å². The summed E-state index contributed by atoms with van der Waals surface area (Å²) < 4.78 is 42.7. The number of aryl methyl sites for hydroxylation is 1. The number of aromatic nitrogens is 1. The molecule has 3 aromatic rings. The van der Waals surface area contributed by atoms with E-state index in [1.165, 1.54) is 0 Å². The number of oxazole rings is 1. The van der Waals surface area contributed by atoms with Crippen molar-refractivity contribution in [1.29, 1.82) is 0 Å². The third-order valence-electron chi connectivity index (χ3n) is 3.98. The second kappa shape index (κ2) is 8.51. The number of amides is 1. The van der Waals surface area contributed by atoms with Gasteiger partial charge in [-0.15, -0.1) is 0 Å². The van der Waals surface area contributed by atoms with Gasteiger partial charge in [0.05, 0.1) is 20.4 Å². The molecule has 0 spiro atoms. The van der Waals surface area contributed by atoms with Crippen LogP contribution in [0.15, 0.2) is 47.0 Å². The van der Waals surface area contributed by atoms with Crippen molar-refractivity contribution in [1.82, 2.24) is 4.98 Å². The number of hydrogen-bond donors (Lipinski definition) is 1. The molecule has 0 radical (unpaired) electrons. The largest absolute Gasteiger partial charge is 0.497 e. The molecular formula is C20H18F2N2O4. The zero-order valence-electron chi connectivity index (χ0n) is 15.3. The third-order valence-corrected chi connectivity index (χ3v) is 3.98. The van der Waals surface area contributed by atoms with Crippen LogP contribution >= 0.6 is 0 Å². The summed E-state index contributed by atoms with van der Waals surface area (Å²) in [7, 11) is 2.75. The molecule has 1 heterocycles. The van der Waals surface area contributed by atoms with E-state index in [-0.39, 0.29) is 18.5 Å². The first-order valence-electron chi connectivity index (χ1n) is 8.42. The number of halogens is 2. The Kier molecular flexibility index (Phi) is 5.88. The van der Waals surface area contributed by atoms with Gasteiger partial charge in [-0.05, 0) is 24.3 Å². The number of nitrogens with one attached hydrogen (secondary N) is 1. The lowest BCUT2D eigenvalue weighted by Crippen LogP contribution is -2.13. The highest BCUT2D eigenvalue weighted by molar-refractivity contribution is 5.90. The molecule has 1 N–H and O–H groups in total. The van der Waals surface area contributed by atoms with Crippen molar-refractivity contribution in [3.63, 3.8) is 0 Å². The Hall–Kier alpha value is -3.42. The second-order valence-electron chi connectivity index (χ2n) is 5.87. The van der Waals surface area contributed by atoms with Gasteiger partial charge in [0.1, 0.15) is 5.75 Å². The van der Waals surface area contributed by atoms with Crippen molar-refractivity contribution in [2.45, 2.75) is 12.8 Å². The summed E-state index contributed by atoms with van der Waals surface area (Å²) in [4.78, 5) is 16.2. The van der Waals surface area contributed by atoms with Gasteiger partial charge in [-0.25, -0.2) is 13.8 Å². The second-order valence-corrected chi connectivity index (χ2v) is 5.87. The predicted molar refractivity (Wildman–Crippen MR) is 98.4 cm³/mol. The van der Waals surface area contributed by atoms with E-state index in [9.17, 15) is 13.6 Å². The van der Waals surface area contributed by atoms with Crippen LogP contribution in [0.1, 0.15) is 12.3 Å². The molecule has 6 nitrogen and oxygen atoms in total. The molecule has 0 aliphatic rings. The first kappa shape index (κ1) is 19.3. The molecule has 1 aromatic heterocycles. The molecule has 28 heavy (non-hydrogen) atoms. The Labute approximate surface area is 160 Å². The molecule has 2 aromatic carbocycles. The highest BCUT2D eigenvalue weighted by atomic mass is 19.1. The molecule has 0 fully saturated rings. The normalized spacial score (nSPS) is 10.6. The van der Waals surface area contributed by atoms with Gasteiger partial charge in [-0.3, -0.25) is 4.79 Å². The van der Waals surface area contributed by atoms with E-state index in [0.717, 1.165) is 30.6 Å². The minimum absolute atomic E-state index is 0.00660. The van der Waals surface area contributed by atoms with E-state index in [2.05, 4.69) is 15.0 Å². The van der Waals surface area contributed by atoms with Crippen LogP contribution in [0.5, 0.6) is 11.5 Å². The summed E-state index contributed by atoms with van der Waals surface area (Å²) in [5.74, 6) is -1.03. The molecule has 1 amide bonds. The number of benzene rings is 2. The Bertz CT molecular complexity index is 948. The van der Waals surface area contributed by atoms with Gasteiger partial charge in [0.2, 0.25) is 5.91 Å². The van der Waals surface area contributed by atoms with Crippen molar-refractivity contribution in [3.8, 4) is 22.8 Å². The van der Waals surface area contributed by atoms with Crippen molar-refractivity contribution in [2.75, 3.05) is 19.5 Å². The van der Waals surface area contributed by atoms with E-state index in [4.69, 9.17) is 9.15 Å². The van der Waals surface area contributed by atoms with Gasteiger partial charge < -0.3 is 19.2 Å². The molecule has 3 rings (SSSR count). The highest BCUT2D eigenvalue weighted by Gasteiger charge is 2.14. The molecule has 8 heteroatoms. The number of carbonyl (C=O) groups excluding carboxylic acids is 1. The number of methoxy groups -OCH3 is 2. The summed E-state index contributed by atoms with van der Waals surface area (Å²) in [6.07, 6.45) is 1.85. The van der Waals surface area contributed by atoms with Crippen molar-refractivity contribution in [2.24, 2.45) is 0 Å². The maximum Gasteiger partial charge on any atom is 0.224 e. The first-order valence-corrected chi connectivity index (χ1v) is 8.42. The summed E-state index contributed by atoms with van der Waals surface area (Å²) in [6, 6.07) is 9.26. The molecule has 0 saturated carbocycles. The van der Waals surface area contributed by atoms with Crippen LogP contribution < -0.4 is 14.8 Å². The highest BCUT2D eigenvalue weighted by Crippen LogP contribution is 2.26. The lowest BCUT2D eigenvalue weighted by atomic mass is 10.2. The van der Waals surface area contributed by atoms with Crippen molar-refractivity contribution < 1.29 is 27.5 Å². The zero-order valence-corrected chi connectivity index (χ0v) is 15.3. The maximum absolute atomic E-state index is 13.7. The van der Waals surface area contributed by atoms with E-state index in [1.807, 2.05) is 12.1 Å². The summed E-state index contributed by atoms with van der Waals surface area (Å²) >= 11 is 0. The lowest BCUT2D eigenvalue weighted by molar-refractivity contribution is -0.116. The lowest BCUT2D eigenvalue weighted by Gasteiger charge is -2.08. The Morgan fingerprint density at radius 3 is 2.39 bits per heavy atom. The fraction of sp³-hybridized carbons (Fsp3) is 0.200. The van der Waals surface area contributed by atoms with Crippen LogP contribution in [0.3, 0.4) is 0 Å². The van der Waals surface area contributed by atoms with E-state index < -0.39 is 23.3 Å². The summed E-state index contributed by atoms with van der Waals surface area (Å²) in [5, 5.41) is 2.44. The summed E-state index contributed by atoms with van der Waals surface area (Å²) in [6.45, 7) is 0. The molecule has 0 aliphatic carbocycles. The topological polar surface area (TPSA) is 73.6 Å². The standard InChI is InChI=1S/C20H18F2N2O4/c1-26-14-5-3-12(4-6-14)17-11-23-19(28-17)8-7-18(25)24-13-9-15(21)20(27-2)16(22)10-13/h3-6,9-11H,7-8H2,1-2H3,(H,24,25). The van der Waals surface area contributed by atoms with E-state index in [0.29, 0.717) is 11.7 Å². The first-order chi connectivity index (χ1) is 13.5. The van der Waals surface area contributed by atoms with Crippen LogP contribution in [-0.2, 0) is 11.2 Å². The van der Waals surface area contributed by atoms with E-state index >= 15 is 0 Å². The van der Waals surface area contributed by atoms with Crippen molar-refractivity contribution >= 4 is 11.6 Å². The van der Waals surface area contributed by atoms with E-state index in [1.54, 1.807) is 25.4 Å². The fourth-order valence-corrected chi connectivity index (χ4v) is 2.59. The van der Waals surface area contributed by atoms with Gasteiger partial charge in [-0.2, -0.15) is 0 Å². The van der Waals surface area contributed by atoms with Gasteiger partial charge in [0.25, 0.3) is 0 Å². The molecule has 0 unspecified atom stereocenters. The monoisotopic (exact) mass is 388 g/mol. The van der Waals surface area contributed by atoms with Crippen LogP contribution in [-0.4, -0.2) is 25.1 Å². The van der Waals surface area contributed by atoms with Crippen LogP contribution in [0.25, 0.3) is 11.3 Å².